The van der Waals surface area contributed by atoms with Gasteiger partial charge in [0.1, 0.15) is 0 Å². The van der Waals surface area contributed by atoms with Crippen LogP contribution in [0.25, 0.3) is 0 Å². The number of hydrogen-bond donors (Lipinski definition) is 1. The van der Waals surface area contributed by atoms with Crippen LogP contribution in [0, 0.1) is 6.92 Å². The molecule has 1 fully saturated rings. The Labute approximate surface area is 127 Å². The molecule has 22 heavy (non-hydrogen) atoms. The molecule has 1 amide bonds. The second-order valence-corrected chi connectivity index (χ2v) is 5.31. The van der Waals surface area contributed by atoms with Crippen LogP contribution < -0.4 is 5.32 Å². The summed E-state index contributed by atoms with van der Waals surface area (Å²) in [5.41, 5.74) is 1.19. The van der Waals surface area contributed by atoms with Crippen LogP contribution in [0.15, 0.2) is 40.9 Å². The number of carbonyl (C=O) groups excluding carboxylic acids is 2. The summed E-state index contributed by atoms with van der Waals surface area (Å²) >= 11 is 0. The van der Waals surface area contributed by atoms with E-state index in [9.17, 15) is 9.59 Å². The minimum Gasteiger partial charge on any atom is -0.441 e. The molecule has 1 atom stereocenters. The van der Waals surface area contributed by atoms with Crippen molar-refractivity contribution in [2.75, 3.05) is 0 Å². The molecule has 1 aliphatic carbocycles. The summed E-state index contributed by atoms with van der Waals surface area (Å²) < 4.78 is 10.2. The average Bonchev–Trinajstić information content (AvgIpc) is 3.23. The fourth-order valence-corrected chi connectivity index (χ4v) is 2.03. The van der Waals surface area contributed by atoms with Gasteiger partial charge in [0.15, 0.2) is 0 Å². The summed E-state index contributed by atoms with van der Waals surface area (Å²) in [6.07, 6.45) is 0.921. The highest BCUT2D eigenvalue weighted by molar-refractivity contribution is 5.90. The molecule has 6 heteroatoms. The lowest BCUT2D eigenvalue weighted by atomic mass is 10.1. The zero-order chi connectivity index (χ0) is 15.5. The average molecular weight is 300 g/mol. The van der Waals surface area contributed by atoms with E-state index in [-0.39, 0.29) is 17.7 Å². The van der Waals surface area contributed by atoms with E-state index in [1.165, 1.54) is 6.07 Å². The Bertz CT molecular complexity index is 676. The molecule has 114 valence electrons. The lowest BCUT2D eigenvalue weighted by Gasteiger charge is -2.17. The molecule has 0 saturated heterocycles. The Morgan fingerprint density at radius 3 is 2.64 bits per heavy atom. The van der Waals surface area contributed by atoms with Gasteiger partial charge in [-0.2, -0.15) is 0 Å². The number of amides is 1. The molecule has 1 saturated carbocycles. The largest absolute Gasteiger partial charge is 0.441 e. The number of benzene rings is 1. The molecule has 0 radical (unpaired) electrons. The number of hydrogen-bond acceptors (Lipinski definition) is 5. The Morgan fingerprint density at radius 2 is 2.05 bits per heavy atom. The highest BCUT2D eigenvalue weighted by Crippen LogP contribution is 2.24. The molecule has 1 unspecified atom stereocenters. The normalized spacial score (nSPS) is 15.1. The highest BCUT2D eigenvalue weighted by Gasteiger charge is 2.31. The zero-order valence-corrected chi connectivity index (χ0v) is 12.1. The Kier molecular flexibility index (Phi) is 3.91. The number of nitrogens with zero attached hydrogens (tertiary/aromatic N) is 1. The van der Waals surface area contributed by atoms with Crippen LogP contribution >= 0.6 is 0 Å². The van der Waals surface area contributed by atoms with Gasteiger partial charge in [0.25, 0.3) is 5.91 Å². The predicted molar refractivity (Wildman–Crippen MR) is 77.0 cm³/mol. The van der Waals surface area contributed by atoms with E-state index in [0.717, 1.165) is 12.8 Å². The monoisotopic (exact) mass is 300 g/mol. The molecule has 1 heterocycles. The summed E-state index contributed by atoms with van der Waals surface area (Å²) in [7, 11) is 0. The van der Waals surface area contributed by atoms with Gasteiger partial charge in [0, 0.05) is 17.7 Å². The van der Waals surface area contributed by atoms with Crippen molar-refractivity contribution in [3.63, 3.8) is 0 Å². The van der Waals surface area contributed by atoms with Crippen LogP contribution in [0.2, 0.25) is 0 Å². The minimum atomic E-state index is -1.00. The Balaban J connectivity index is 1.78. The number of ether oxygens (including phenoxy) is 1. The van der Waals surface area contributed by atoms with Crippen molar-refractivity contribution in [2.45, 2.75) is 31.9 Å². The summed E-state index contributed by atoms with van der Waals surface area (Å²) in [6.45, 7) is 1.70. The molecule has 0 bridgehead atoms. The third kappa shape index (κ3) is 3.33. The minimum absolute atomic E-state index is 0.0161. The van der Waals surface area contributed by atoms with Gasteiger partial charge in [0.2, 0.25) is 11.9 Å². The summed E-state index contributed by atoms with van der Waals surface area (Å²) in [5, 5.41) is 6.50. The number of nitrogens with one attached hydrogen (secondary N) is 1. The SMILES string of the molecule is Cc1cc(C(=O)OC(C(=O)NC2CC2)c2ccccc2)on1. The molecule has 6 nitrogen and oxygen atoms in total. The molecule has 2 aromatic rings. The number of aromatic nitrogens is 1. The van der Waals surface area contributed by atoms with Crippen molar-refractivity contribution < 1.29 is 18.8 Å². The van der Waals surface area contributed by atoms with Crippen LogP contribution in [0.5, 0.6) is 0 Å². The maximum absolute atomic E-state index is 12.3. The first-order valence-corrected chi connectivity index (χ1v) is 7.13. The fourth-order valence-electron chi connectivity index (χ4n) is 2.03. The van der Waals surface area contributed by atoms with Gasteiger partial charge in [-0.1, -0.05) is 35.5 Å². The van der Waals surface area contributed by atoms with Crippen molar-refractivity contribution in [2.24, 2.45) is 0 Å². The van der Waals surface area contributed by atoms with Crippen LogP contribution in [-0.4, -0.2) is 23.1 Å². The van der Waals surface area contributed by atoms with Crippen LogP contribution in [0.4, 0.5) is 0 Å². The van der Waals surface area contributed by atoms with Gasteiger partial charge in [-0.3, -0.25) is 4.79 Å². The first kappa shape index (κ1) is 14.3. The first-order valence-electron chi connectivity index (χ1n) is 7.13. The van der Waals surface area contributed by atoms with Gasteiger partial charge in [-0.15, -0.1) is 0 Å². The van der Waals surface area contributed by atoms with Gasteiger partial charge >= 0.3 is 5.97 Å². The molecule has 1 N–H and O–H groups in total. The van der Waals surface area contributed by atoms with Gasteiger partial charge in [-0.25, -0.2) is 4.79 Å². The maximum atomic E-state index is 12.3. The van der Waals surface area contributed by atoms with Gasteiger partial charge in [0.05, 0.1) is 5.69 Å². The van der Waals surface area contributed by atoms with E-state index in [2.05, 4.69) is 10.5 Å². The van der Waals surface area contributed by atoms with E-state index in [1.54, 1.807) is 31.2 Å². The maximum Gasteiger partial charge on any atom is 0.378 e. The third-order valence-corrected chi connectivity index (χ3v) is 3.32. The lowest BCUT2D eigenvalue weighted by Crippen LogP contribution is -2.33. The van der Waals surface area contributed by atoms with Crippen molar-refractivity contribution in [3.8, 4) is 0 Å². The first-order chi connectivity index (χ1) is 10.6. The fraction of sp³-hybridized carbons (Fsp3) is 0.312. The highest BCUT2D eigenvalue weighted by atomic mass is 16.6. The van der Waals surface area contributed by atoms with E-state index in [1.807, 2.05) is 6.07 Å². The second kappa shape index (κ2) is 6.01. The van der Waals surface area contributed by atoms with E-state index >= 15 is 0 Å². The van der Waals surface area contributed by atoms with E-state index in [4.69, 9.17) is 9.26 Å². The topological polar surface area (TPSA) is 81.4 Å². The molecule has 1 aliphatic rings. The van der Waals surface area contributed by atoms with Crippen molar-refractivity contribution >= 4 is 11.9 Å². The Morgan fingerprint density at radius 1 is 1.32 bits per heavy atom. The molecular weight excluding hydrogens is 284 g/mol. The number of carbonyl (C=O) groups is 2. The van der Waals surface area contributed by atoms with Crippen LogP contribution in [-0.2, 0) is 9.53 Å². The van der Waals surface area contributed by atoms with E-state index < -0.39 is 12.1 Å². The quantitative estimate of drug-likeness (QED) is 0.856. The molecule has 0 aliphatic heterocycles. The molecule has 3 rings (SSSR count). The zero-order valence-electron chi connectivity index (χ0n) is 12.1. The molecule has 1 aromatic carbocycles. The summed E-state index contributed by atoms with van der Waals surface area (Å²) in [5.74, 6) is -1.05. The summed E-state index contributed by atoms with van der Waals surface area (Å²) in [6, 6.07) is 10.6. The van der Waals surface area contributed by atoms with Crippen LogP contribution in [0.3, 0.4) is 0 Å². The third-order valence-electron chi connectivity index (χ3n) is 3.32. The molecule has 1 aromatic heterocycles. The number of esters is 1. The second-order valence-electron chi connectivity index (χ2n) is 5.31. The number of aryl methyl sites for hydroxylation is 1. The van der Waals surface area contributed by atoms with Crippen LogP contribution in [0.1, 0.15) is 40.8 Å². The smallest absolute Gasteiger partial charge is 0.378 e. The van der Waals surface area contributed by atoms with Crippen molar-refractivity contribution in [1.29, 1.82) is 0 Å². The summed E-state index contributed by atoms with van der Waals surface area (Å²) in [4.78, 5) is 24.4. The van der Waals surface area contributed by atoms with Gasteiger partial charge < -0.3 is 14.6 Å². The van der Waals surface area contributed by atoms with Crippen molar-refractivity contribution in [1.82, 2.24) is 10.5 Å². The molecule has 0 spiro atoms. The van der Waals surface area contributed by atoms with Crippen molar-refractivity contribution in [3.05, 3.63) is 53.4 Å². The Hall–Kier alpha value is -2.63. The predicted octanol–water partition coefficient (Wildman–Crippen LogP) is 2.16. The standard InChI is InChI=1S/C16H16N2O4/c1-10-9-13(22-18-10)16(20)21-14(11-5-3-2-4-6-11)15(19)17-12-7-8-12/h2-6,9,12,14H,7-8H2,1H3,(H,17,19). The van der Waals surface area contributed by atoms with E-state index in [0.29, 0.717) is 11.3 Å². The number of rotatable bonds is 5. The molecular formula is C16H16N2O4. The van der Waals surface area contributed by atoms with Gasteiger partial charge in [-0.05, 0) is 19.8 Å². The lowest BCUT2D eigenvalue weighted by molar-refractivity contribution is -0.130.